The third-order valence-electron chi connectivity index (χ3n) is 2.60. The number of amides is 1. The summed E-state index contributed by atoms with van der Waals surface area (Å²) < 4.78 is 0. The Morgan fingerprint density at radius 1 is 1.24 bits per heavy atom. The van der Waals surface area contributed by atoms with Crippen LogP contribution in [0.25, 0.3) is 0 Å². The molecule has 1 amide bonds. The average molecular weight is 234 g/mol. The molecule has 3 nitrogen and oxygen atoms in total. The Hall–Kier alpha value is -1.51. The fourth-order valence-electron chi connectivity index (χ4n) is 1.50. The van der Waals surface area contributed by atoms with Gasteiger partial charge in [0, 0.05) is 12.2 Å². The summed E-state index contributed by atoms with van der Waals surface area (Å²) in [6.45, 7) is 7.45. The van der Waals surface area contributed by atoms with Gasteiger partial charge in [-0.05, 0) is 30.0 Å². The highest BCUT2D eigenvalue weighted by Crippen LogP contribution is 2.16. The van der Waals surface area contributed by atoms with Crippen molar-refractivity contribution in [2.45, 2.75) is 33.1 Å². The van der Waals surface area contributed by atoms with E-state index in [9.17, 15) is 4.79 Å². The molecule has 0 atom stereocenters. The summed E-state index contributed by atoms with van der Waals surface area (Å²) in [6.07, 6.45) is 0.967. The number of benzene rings is 1. The molecular formula is C14H22N2O. The Morgan fingerprint density at radius 2 is 1.88 bits per heavy atom. The molecular weight excluding hydrogens is 212 g/mol. The fourth-order valence-corrected chi connectivity index (χ4v) is 1.50. The van der Waals surface area contributed by atoms with E-state index in [0.717, 1.165) is 18.7 Å². The number of carbonyl (C=O) groups is 1. The molecule has 0 bridgehead atoms. The van der Waals surface area contributed by atoms with E-state index in [0.29, 0.717) is 12.5 Å². The lowest BCUT2D eigenvalue weighted by Gasteiger charge is -2.09. The molecule has 0 aromatic heterocycles. The normalized spacial score (nSPS) is 10.4. The standard InChI is InChI=1S/C14H22N2O/c1-4-9-15-14(17)10-16-13-7-5-12(6-8-13)11(2)3/h5-8,11,16H,4,9-10H2,1-3H3,(H,15,17). The van der Waals surface area contributed by atoms with E-state index >= 15 is 0 Å². The molecule has 0 aliphatic carbocycles. The minimum absolute atomic E-state index is 0.0415. The van der Waals surface area contributed by atoms with Gasteiger partial charge in [-0.15, -0.1) is 0 Å². The van der Waals surface area contributed by atoms with E-state index in [2.05, 4.69) is 36.6 Å². The predicted molar refractivity (Wildman–Crippen MR) is 72.3 cm³/mol. The molecule has 0 aliphatic rings. The molecule has 0 radical (unpaired) electrons. The second kappa shape index (κ2) is 6.94. The van der Waals surface area contributed by atoms with E-state index in [1.807, 2.05) is 19.1 Å². The molecule has 94 valence electrons. The second-order valence-corrected chi connectivity index (χ2v) is 4.48. The van der Waals surface area contributed by atoms with Gasteiger partial charge in [-0.1, -0.05) is 32.9 Å². The first-order valence-electron chi connectivity index (χ1n) is 6.24. The molecule has 0 spiro atoms. The molecule has 3 heteroatoms. The quantitative estimate of drug-likeness (QED) is 0.794. The van der Waals surface area contributed by atoms with Gasteiger partial charge in [0.15, 0.2) is 0 Å². The lowest BCUT2D eigenvalue weighted by Crippen LogP contribution is -2.30. The van der Waals surface area contributed by atoms with Crippen LogP contribution in [0.1, 0.15) is 38.7 Å². The highest BCUT2D eigenvalue weighted by molar-refractivity contribution is 5.80. The van der Waals surface area contributed by atoms with Crippen LogP contribution >= 0.6 is 0 Å². The Labute approximate surface area is 104 Å². The van der Waals surface area contributed by atoms with Crippen LogP contribution in [0.3, 0.4) is 0 Å². The minimum atomic E-state index is 0.0415. The van der Waals surface area contributed by atoms with Crippen LogP contribution in [0.15, 0.2) is 24.3 Å². The van der Waals surface area contributed by atoms with Gasteiger partial charge < -0.3 is 10.6 Å². The van der Waals surface area contributed by atoms with Crippen LogP contribution in [-0.4, -0.2) is 19.0 Å². The van der Waals surface area contributed by atoms with Crippen molar-refractivity contribution in [1.82, 2.24) is 5.32 Å². The van der Waals surface area contributed by atoms with E-state index in [4.69, 9.17) is 0 Å². The summed E-state index contributed by atoms with van der Waals surface area (Å²) in [4.78, 5) is 11.4. The number of rotatable bonds is 6. The van der Waals surface area contributed by atoms with E-state index in [1.54, 1.807) is 0 Å². The molecule has 0 heterocycles. The zero-order valence-electron chi connectivity index (χ0n) is 10.9. The van der Waals surface area contributed by atoms with Crippen molar-refractivity contribution < 1.29 is 4.79 Å². The zero-order valence-corrected chi connectivity index (χ0v) is 10.9. The van der Waals surface area contributed by atoms with Gasteiger partial charge in [-0.25, -0.2) is 0 Å². The monoisotopic (exact) mass is 234 g/mol. The Bertz CT molecular complexity index is 344. The van der Waals surface area contributed by atoms with Crippen LogP contribution in [0.4, 0.5) is 5.69 Å². The van der Waals surface area contributed by atoms with Crippen LogP contribution in [0.2, 0.25) is 0 Å². The molecule has 1 aromatic carbocycles. The molecule has 2 N–H and O–H groups in total. The minimum Gasteiger partial charge on any atom is -0.376 e. The maximum Gasteiger partial charge on any atom is 0.239 e. The summed E-state index contributed by atoms with van der Waals surface area (Å²) in [7, 11) is 0. The number of hydrogen-bond acceptors (Lipinski definition) is 2. The van der Waals surface area contributed by atoms with Crippen molar-refractivity contribution in [3.63, 3.8) is 0 Å². The maximum absolute atomic E-state index is 11.4. The van der Waals surface area contributed by atoms with Gasteiger partial charge in [-0.3, -0.25) is 4.79 Å². The van der Waals surface area contributed by atoms with Crippen LogP contribution in [0, 0.1) is 0 Å². The highest BCUT2D eigenvalue weighted by Gasteiger charge is 2.01. The van der Waals surface area contributed by atoms with Crippen molar-refractivity contribution in [3.05, 3.63) is 29.8 Å². The predicted octanol–water partition coefficient (Wildman–Crippen LogP) is 2.75. The van der Waals surface area contributed by atoms with E-state index in [-0.39, 0.29) is 5.91 Å². The van der Waals surface area contributed by atoms with Crippen LogP contribution < -0.4 is 10.6 Å². The molecule has 0 saturated heterocycles. The van der Waals surface area contributed by atoms with Gasteiger partial charge in [-0.2, -0.15) is 0 Å². The number of anilines is 1. The molecule has 0 saturated carbocycles. The zero-order chi connectivity index (χ0) is 12.7. The van der Waals surface area contributed by atoms with Crippen molar-refractivity contribution in [2.24, 2.45) is 0 Å². The van der Waals surface area contributed by atoms with Crippen molar-refractivity contribution in [2.75, 3.05) is 18.4 Å². The van der Waals surface area contributed by atoms with Crippen LogP contribution in [-0.2, 0) is 4.79 Å². The third-order valence-corrected chi connectivity index (χ3v) is 2.60. The summed E-state index contributed by atoms with van der Waals surface area (Å²) in [6, 6.07) is 8.22. The van der Waals surface area contributed by atoms with Gasteiger partial charge in [0.1, 0.15) is 0 Å². The Morgan fingerprint density at radius 3 is 2.41 bits per heavy atom. The summed E-state index contributed by atoms with van der Waals surface area (Å²) in [5.74, 6) is 0.580. The van der Waals surface area contributed by atoms with Crippen LogP contribution in [0.5, 0.6) is 0 Å². The molecule has 0 unspecified atom stereocenters. The lowest BCUT2D eigenvalue weighted by atomic mass is 10.0. The first kappa shape index (κ1) is 13.6. The summed E-state index contributed by atoms with van der Waals surface area (Å²) in [5.41, 5.74) is 2.30. The van der Waals surface area contributed by atoms with Gasteiger partial charge in [0.05, 0.1) is 6.54 Å². The maximum atomic E-state index is 11.4. The largest absolute Gasteiger partial charge is 0.376 e. The molecule has 1 rings (SSSR count). The SMILES string of the molecule is CCCNC(=O)CNc1ccc(C(C)C)cc1. The number of carbonyl (C=O) groups excluding carboxylic acids is 1. The topological polar surface area (TPSA) is 41.1 Å². The molecule has 0 fully saturated rings. The van der Waals surface area contributed by atoms with E-state index in [1.165, 1.54) is 5.56 Å². The second-order valence-electron chi connectivity index (χ2n) is 4.48. The average Bonchev–Trinajstić information content (AvgIpc) is 2.34. The van der Waals surface area contributed by atoms with Gasteiger partial charge >= 0.3 is 0 Å². The number of nitrogens with one attached hydrogen (secondary N) is 2. The fraction of sp³-hybridized carbons (Fsp3) is 0.500. The lowest BCUT2D eigenvalue weighted by molar-refractivity contribution is -0.119. The molecule has 0 aliphatic heterocycles. The van der Waals surface area contributed by atoms with Crippen molar-refractivity contribution in [1.29, 1.82) is 0 Å². The summed E-state index contributed by atoms with van der Waals surface area (Å²) >= 11 is 0. The van der Waals surface area contributed by atoms with Gasteiger partial charge in [0.2, 0.25) is 5.91 Å². The van der Waals surface area contributed by atoms with Crippen molar-refractivity contribution in [3.8, 4) is 0 Å². The van der Waals surface area contributed by atoms with E-state index < -0.39 is 0 Å². The Balaban J connectivity index is 2.39. The number of hydrogen-bond donors (Lipinski definition) is 2. The molecule has 17 heavy (non-hydrogen) atoms. The highest BCUT2D eigenvalue weighted by atomic mass is 16.1. The first-order valence-corrected chi connectivity index (χ1v) is 6.24. The smallest absolute Gasteiger partial charge is 0.239 e. The molecule has 1 aromatic rings. The Kier molecular flexibility index (Phi) is 5.53. The summed E-state index contributed by atoms with van der Waals surface area (Å²) in [5, 5.41) is 5.94. The van der Waals surface area contributed by atoms with Gasteiger partial charge in [0.25, 0.3) is 0 Å². The third kappa shape index (κ3) is 4.89. The van der Waals surface area contributed by atoms with Crippen molar-refractivity contribution >= 4 is 11.6 Å². The first-order chi connectivity index (χ1) is 8.13.